The molecule has 1 saturated carbocycles. The number of likely N-dealkylation sites (tertiary alicyclic amines) is 1. The summed E-state index contributed by atoms with van der Waals surface area (Å²) in [5, 5.41) is 6.04. The molecule has 9 heteroatoms. The Labute approximate surface area is 188 Å². The molecule has 4 N–H and O–H groups in total. The topological polar surface area (TPSA) is 120 Å². The van der Waals surface area contributed by atoms with Gasteiger partial charge in [0, 0.05) is 24.3 Å². The Morgan fingerprint density at radius 3 is 2.66 bits per heavy atom. The number of rotatable bonds is 7. The van der Waals surface area contributed by atoms with Crippen LogP contribution in [0.2, 0.25) is 0 Å². The Morgan fingerprint density at radius 1 is 1.12 bits per heavy atom. The summed E-state index contributed by atoms with van der Waals surface area (Å²) in [5.74, 6) is 1.12. The van der Waals surface area contributed by atoms with Gasteiger partial charge in [0.05, 0.1) is 11.1 Å². The number of aryl methyl sites for hydroxylation is 1. The van der Waals surface area contributed by atoms with Crippen LogP contribution in [0.5, 0.6) is 0 Å². The van der Waals surface area contributed by atoms with E-state index in [-0.39, 0.29) is 5.75 Å². The van der Waals surface area contributed by atoms with E-state index in [1.54, 1.807) is 0 Å². The molecule has 1 aromatic carbocycles. The van der Waals surface area contributed by atoms with E-state index < -0.39 is 10.0 Å². The SMILES string of the molecule is Nc1ncnc2c1c(-c1cccc(CCS(N)(=O)=O)c1)cn2C1CC(CN2CCCC2)C1. The fourth-order valence-electron chi connectivity index (χ4n) is 5.17. The second-order valence-electron chi connectivity index (χ2n) is 9.22. The molecule has 5 rings (SSSR count). The normalized spacial score (nSPS) is 21.8. The Kier molecular flexibility index (Phi) is 5.65. The Morgan fingerprint density at radius 2 is 1.91 bits per heavy atom. The first-order valence-corrected chi connectivity index (χ1v) is 13.0. The minimum atomic E-state index is -3.51. The van der Waals surface area contributed by atoms with Crippen molar-refractivity contribution in [1.29, 1.82) is 0 Å². The number of nitrogens with two attached hydrogens (primary N) is 2. The molecule has 2 fully saturated rings. The minimum absolute atomic E-state index is 0.0794. The number of benzene rings is 1. The zero-order valence-corrected chi connectivity index (χ0v) is 19.0. The van der Waals surface area contributed by atoms with Crippen molar-refractivity contribution in [2.75, 3.05) is 31.1 Å². The highest BCUT2D eigenvalue weighted by Crippen LogP contribution is 2.43. The third-order valence-electron chi connectivity index (χ3n) is 6.87. The molecule has 0 bridgehead atoms. The molecule has 3 heterocycles. The van der Waals surface area contributed by atoms with Gasteiger partial charge in [0.15, 0.2) is 0 Å². The first kappa shape index (κ1) is 21.4. The maximum atomic E-state index is 11.4. The van der Waals surface area contributed by atoms with E-state index in [9.17, 15) is 8.42 Å². The van der Waals surface area contributed by atoms with Crippen molar-refractivity contribution in [1.82, 2.24) is 19.4 Å². The summed E-state index contributed by atoms with van der Waals surface area (Å²) in [7, 11) is -3.51. The standard InChI is InChI=1S/C23H30N6O2S/c24-22-21-20(18-5-3-4-16(10-18)6-9-32(25,30)31)14-29(23(21)27-15-26-22)19-11-17(12-19)13-28-7-1-2-8-28/h3-5,10,14-15,17,19H,1-2,6-9,11-13H2,(H2,24,26,27)(H2,25,30,31). The minimum Gasteiger partial charge on any atom is -0.383 e. The molecule has 1 saturated heterocycles. The Bertz CT molecular complexity index is 1230. The molecule has 32 heavy (non-hydrogen) atoms. The summed E-state index contributed by atoms with van der Waals surface area (Å²) in [6, 6.07) is 8.30. The van der Waals surface area contributed by atoms with Crippen molar-refractivity contribution in [3.63, 3.8) is 0 Å². The van der Waals surface area contributed by atoms with Gasteiger partial charge in [-0.15, -0.1) is 0 Å². The molecule has 0 unspecified atom stereocenters. The predicted molar refractivity (Wildman–Crippen MR) is 126 cm³/mol. The van der Waals surface area contributed by atoms with E-state index >= 15 is 0 Å². The van der Waals surface area contributed by atoms with Gasteiger partial charge in [-0.25, -0.2) is 23.5 Å². The van der Waals surface area contributed by atoms with Crippen LogP contribution in [0.3, 0.4) is 0 Å². The van der Waals surface area contributed by atoms with Gasteiger partial charge < -0.3 is 15.2 Å². The summed E-state index contributed by atoms with van der Waals surface area (Å²) < 4.78 is 25.0. The van der Waals surface area contributed by atoms with Crippen molar-refractivity contribution >= 4 is 26.9 Å². The molecule has 0 radical (unpaired) electrons. The van der Waals surface area contributed by atoms with Crippen LogP contribution in [0.15, 0.2) is 36.8 Å². The average molecular weight is 455 g/mol. The molecule has 170 valence electrons. The maximum Gasteiger partial charge on any atom is 0.209 e. The van der Waals surface area contributed by atoms with Crippen molar-refractivity contribution < 1.29 is 8.42 Å². The molecule has 1 aliphatic heterocycles. The van der Waals surface area contributed by atoms with Crippen LogP contribution >= 0.6 is 0 Å². The van der Waals surface area contributed by atoms with E-state index in [2.05, 4.69) is 25.6 Å². The van der Waals surface area contributed by atoms with E-state index in [0.29, 0.717) is 18.3 Å². The zero-order chi connectivity index (χ0) is 22.3. The number of anilines is 1. The first-order chi connectivity index (χ1) is 15.4. The monoisotopic (exact) mass is 454 g/mol. The average Bonchev–Trinajstić information content (AvgIpc) is 3.37. The maximum absolute atomic E-state index is 11.4. The lowest BCUT2D eigenvalue weighted by Gasteiger charge is -2.38. The molecule has 3 aromatic rings. The molecule has 1 aliphatic carbocycles. The number of hydrogen-bond acceptors (Lipinski definition) is 6. The lowest BCUT2D eigenvalue weighted by atomic mass is 9.79. The van der Waals surface area contributed by atoms with Crippen LogP contribution in [-0.4, -0.2) is 53.2 Å². The van der Waals surface area contributed by atoms with Crippen LogP contribution in [-0.2, 0) is 16.4 Å². The number of hydrogen-bond donors (Lipinski definition) is 2. The number of nitrogen functional groups attached to an aromatic ring is 1. The summed E-state index contributed by atoms with van der Waals surface area (Å²) >= 11 is 0. The fraction of sp³-hybridized carbons (Fsp3) is 0.478. The summed E-state index contributed by atoms with van der Waals surface area (Å²) in [6.07, 6.45) is 9.00. The molecule has 2 aliphatic rings. The Hall–Kier alpha value is -2.49. The molecule has 2 aromatic heterocycles. The van der Waals surface area contributed by atoms with Crippen LogP contribution in [0, 0.1) is 5.92 Å². The van der Waals surface area contributed by atoms with Gasteiger partial charge >= 0.3 is 0 Å². The van der Waals surface area contributed by atoms with Gasteiger partial charge in [-0.3, -0.25) is 0 Å². The van der Waals surface area contributed by atoms with E-state index in [0.717, 1.165) is 46.5 Å². The van der Waals surface area contributed by atoms with Gasteiger partial charge in [-0.1, -0.05) is 24.3 Å². The molecule has 0 amide bonds. The number of sulfonamides is 1. The molecule has 8 nitrogen and oxygen atoms in total. The van der Waals surface area contributed by atoms with Crippen molar-refractivity contribution in [2.45, 2.75) is 38.1 Å². The van der Waals surface area contributed by atoms with E-state index in [4.69, 9.17) is 10.9 Å². The molecular formula is C23H30N6O2S. The first-order valence-electron chi connectivity index (χ1n) is 11.3. The van der Waals surface area contributed by atoms with Crippen molar-refractivity contribution in [2.24, 2.45) is 11.1 Å². The van der Waals surface area contributed by atoms with Crippen LogP contribution < -0.4 is 10.9 Å². The van der Waals surface area contributed by atoms with Crippen LogP contribution in [0.1, 0.15) is 37.3 Å². The highest BCUT2D eigenvalue weighted by Gasteiger charge is 2.34. The lowest BCUT2D eigenvalue weighted by Crippen LogP contribution is -2.35. The number of aromatic nitrogens is 3. The van der Waals surface area contributed by atoms with Crippen molar-refractivity contribution in [3.8, 4) is 11.1 Å². The van der Waals surface area contributed by atoms with Crippen LogP contribution in [0.25, 0.3) is 22.2 Å². The highest BCUT2D eigenvalue weighted by atomic mass is 32.2. The second kappa shape index (κ2) is 8.46. The third-order valence-corrected chi connectivity index (χ3v) is 7.64. The summed E-state index contributed by atoms with van der Waals surface area (Å²) in [6.45, 7) is 3.68. The van der Waals surface area contributed by atoms with E-state index in [1.807, 2.05) is 24.3 Å². The van der Waals surface area contributed by atoms with Gasteiger partial charge in [0.2, 0.25) is 10.0 Å². The number of fused-ring (bicyclic) bond motifs is 1. The van der Waals surface area contributed by atoms with Crippen LogP contribution in [0.4, 0.5) is 5.82 Å². The van der Waals surface area contributed by atoms with Gasteiger partial charge in [0.1, 0.15) is 17.8 Å². The quantitative estimate of drug-likeness (QED) is 0.566. The predicted octanol–water partition coefficient (Wildman–Crippen LogP) is 2.56. The second-order valence-corrected chi connectivity index (χ2v) is 11.0. The Balaban J connectivity index is 1.42. The molecule has 0 spiro atoms. The van der Waals surface area contributed by atoms with Gasteiger partial charge in [-0.05, 0) is 62.2 Å². The third kappa shape index (κ3) is 4.37. The van der Waals surface area contributed by atoms with E-state index in [1.165, 1.54) is 38.8 Å². The number of primary sulfonamides is 1. The summed E-state index contributed by atoms with van der Waals surface area (Å²) in [5.41, 5.74) is 10.0. The lowest BCUT2D eigenvalue weighted by molar-refractivity contribution is 0.145. The largest absolute Gasteiger partial charge is 0.383 e. The van der Waals surface area contributed by atoms with Gasteiger partial charge in [-0.2, -0.15) is 0 Å². The zero-order valence-electron chi connectivity index (χ0n) is 18.2. The highest BCUT2D eigenvalue weighted by molar-refractivity contribution is 7.89. The summed E-state index contributed by atoms with van der Waals surface area (Å²) in [4.78, 5) is 11.4. The fourth-order valence-corrected chi connectivity index (χ4v) is 5.69. The smallest absolute Gasteiger partial charge is 0.209 e. The molecule has 0 atom stereocenters. The van der Waals surface area contributed by atoms with Crippen molar-refractivity contribution in [3.05, 3.63) is 42.4 Å². The number of nitrogens with zero attached hydrogens (tertiary/aromatic N) is 4. The molecular weight excluding hydrogens is 424 g/mol. The van der Waals surface area contributed by atoms with Gasteiger partial charge in [0.25, 0.3) is 0 Å².